The van der Waals surface area contributed by atoms with E-state index < -0.39 is 5.92 Å². The van der Waals surface area contributed by atoms with Gasteiger partial charge in [0, 0.05) is 20.2 Å². The Morgan fingerprint density at radius 3 is 2.89 bits per heavy atom. The van der Waals surface area contributed by atoms with Crippen molar-refractivity contribution in [2.24, 2.45) is 22.7 Å². The van der Waals surface area contributed by atoms with Gasteiger partial charge in [0.15, 0.2) is 5.84 Å². The molecule has 0 aliphatic carbocycles. The Labute approximate surface area is 114 Å². The van der Waals surface area contributed by atoms with E-state index in [9.17, 15) is 4.79 Å². The van der Waals surface area contributed by atoms with Crippen LogP contribution < -0.4 is 5.73 Å². The van der Waals surface area contributed by atoms with E-state index >= 15 is 0 Å². The summed E-state index contributed by atoms with van der Waals surface area (Å²) in [5.74, 6) is -0.219. The van der Waals surface area contributed by atoms with Crippen molar-refractivity contribution in [2.45, 2.75) is 32.6 Å². The zero-order chi connectivity index (χ0) is 14.3. The van der Waals surface area contributed by atoms with Crippen LogP contribution >= 0.6 is 0 Å². The molecule has 0 radical (unpaired) electrons. The summed E-state index contributed by atoms with van der Waals surface area (Å²) >= 11 is 0. The van der Waals surface area contributed by atoms with Gasteiger partial charge in [0.1, 0.15) is 0 Å². The van der Waals surface area contributed by atoms with Crippen LogP contribution in [-0.2, 0) is 9.53 Å². The van der Waals surface area contributed by atoms with E-state index in [4.69, 9.17) is 15.7 Å². The molecule has 1 fully saturated rings. The van der Waals surface area contributed by atoms with E-state index in [1.165, 1.54) is 0 Å². The Balaban J connectivity index is 2.56. The van der Waals surface area contributed by atoms with Crippen LogP contribution in [-0.4, -0.2) is 48.7 Å². The average Bonchev–Trinajstić information content (AvgIpc) is 2.44. The minimum Gasteiger partial charge on any atom is -0.409 e. The van der Waals surface area contributed by atoms with Crippen LogP contribution in [0.2, 0.25) is 0 Å². The molecule has 6 nitrogen and oxygen atoms in total. The summed E-state index contributed by atoms with van der Waals surface area (Å²) in [5, 5.41) is 11.7. The molecular formula is C13H25N3O3. The van der Waals surface area contributed by atoms with Crippen molar-refractivity contribution < 1.29 is 14.7 Å². The molecule has 1 heterocycles. The first-order valence-electron chi connectivity index (χ1n) is 6.90. The van der Waals surface area contributed by atoms with Crippen LogP contribution in [0.4, 0.5) is 0 Å². The number of hydrogen-bond donors (Lipinski definition) is 2. The zero-order valence-electron chi connectivity index (χ0n) is 11.8. The predicted octanol–water partition coefficient (Wildman–Crippen LogP) is 1.03. The Hall–Kier alpha value is -1.30. The first kappa shape index (κ1) is 15.8. The van der Waals surface area contributed by atoms with Gasteiger partial charge in [-0.15, -0.1) is 0 Å². The second-order valence-electron chi connectivity index (χ2n) is 5.17. The van der Waals surface area contributed by atoms with Crippen molar-refractivity contribution in [3.8, 4) is 0 Å². The van der Waals surface area contributed by atoms with Crippen molar-refractivity contribution in [3.63, 3.8) is 0 Å². The highest BCUT2D eigenvalue weighted by molar-refractivity contribution is 6.01. The van der Waals surface area contributed by atoms with Gasteiger partial charge >= 0.3 is 0 Å². The van der Waals surface area contributed by atoms with Gasteiger partial charge in [0.2, 0.25) is 5.91 Å². The summed E-state index contributed by atoms with van der Waals surface area (Å²) in [6, 6.07) is 0. The van der Waals surface area contributed by atoms with Gasteiger partial charge in [-0.2, -0.15) is 0 Å². The lowest BCUT2D eigenvalue weighted by molar-refractivity contribution is -0.133. The molecule has 1 aliphatic heterocycles. The maximum atomic E-state index is 12.3. The maximum absolute atomic E-state index is 12.3. The average molecular weight is 271 g/mol. The molecule has 110 valence electrons. The summed E-state index contributed by atoms with van der Waals surface area (Å²) in [6.07, 6.45) is 3.54. The number of oxime groups is 1. The highest BCUT2D eigenvalue weighted by Gasteiger charge is 2.27. The fraction of sp³-hybridized carbons (Fsp3) is 0.846. The molecule has 0 bridgehead atoms. The fourth-order valence-corrected chi connectivity index (χ4v) is 2.45. The molecule has 1 saturated heterocycles. The van der Waals surface area contributed by atoms with E-state index in [1.54, 1.807) is 11.9 Å². The normalized spacial score (nSPS) is 22.0. The summed E-state index contributed by atoms with van der Waals surface area (Å²) < 4.78 is 5.41. The third-order valence-electron chi connectivity index (χ3n) is 3.51. The molecule has 0 saturated carbocycles. The standard InChI is InChI=1S/C13H25N3O3/c1-3-5-11(12(14)15-18)13(17)16(2)8-10-6-4-7-19-9-10/h10-11,18H,3-9H2,1-2H3,(H2,14,15). The van der Waals surface area contributed by atoms with Crippen molar-refractivity contribution in [1.82, 2.24) is 4.90 Å². The summed E-state index contributed by atoms with van der Waals surface area (Å²) in [7, 11) is 1.77. The van der Waals surface area contributed by atoms with Gasteiger partial charge in [-0.25, -0.2) is 0 Å². The van der Waals surface area contributed by atoms with Crippen LogP contribution in [0.1, 0.15) is 32.6 Å². The lowest BCUT2D eigenvalue weighted by Crippen LogP contribution is -2.43. The van der Waals surface area contributed by atoms with Crippen LogP contribution in [0.5, 0.6) is 0 Å². The summed E-state index contributed by atoms with van der Waals surface area (Å²) in [5.41, 5.74) is 5.60. The second-order valence-corrected chi connectivity index (χ2v) is 5.17. The van der Waals surface area contributed by atoms with Gasteiger partial charge in [-0.3, -0.25) is 4.79 Å². The highest BCUT2D eigenvalue weighted by atomic mass is 16.5. The van der Waals surface area contributed by atoms with Crippen LogP contribution in [0.25, 0.3) is 0 Å². The number of nitrogens with two attached hydrogens (primary N) is 1. The number of nitrogens with zero attached hydrogens (tertiary/aromatic N) is 2. The minimum absolute atomic E-state index is 0.00130. The quantitative estimate of drug-likeness (QED) is 0.327. The largest absolute Gasteiger partial charge is 0.409 e. The number of carbonyl (C=O) groups excluding carboxylic acids is 1. The first-order chi connectivity index (χ1) is 9.10. The van der Waals surface area contributed by atoms with E-state index in [1.807, 2.05) is 6.92 Å². The Kier molecular flexibility index (Phi) is 6.62. The summed E-state index contributed by atoms with van der Waals surface area (Å²) in [4.78, 5) is 14.0. The monoisotopic (exact) mass is 271 g/mol. The topological polar surface area (TPSA) is 88.2 Å². The Morgan fingerprint density at radius 1 is 1.63 bits per heavy atom. The minimum atomic E-state index is -0.524. The predicted molar refractivity (Wildman–Crippen MR) is 73.0 cm³/mol. The lowest BCUT2D eigenvalue weighted by atomic mass is 9.98. The molecule has 2 unspecified atom stereocenters. The number of ether oxygens (including phenoxy) is 1. The highest BCUT2D eigenvalue weighted by Crippen LogP contribution is 2.17. The van der Waals surface area contributed by atoms with Crippen molar-refractivity contribution in [3.05, 3.63) is 0 Å². The number of carbonyl (C=O) groups is 1. The van der Waals surface area contributed by atoms with Gasteiger partial charge in [-0.1, -0.05) is 18.5 Å². The molecule has 3 N–H and O–H groups in total. The molecule has 1 rings (SSSR count). The zero-order valence-corrected chi connectivity index (χ0v) is 11.8. The molecule has 0 aromatic carbocycles. The molecule has 19 heavy (non-hydrogen) atoms. The van der Waals surface area contributed by atoms with Gasteiger partial charge < -0.3 is 20.6 Å². The molecular weight excluding hydrogens is 246 g/mol. The molecule has 1 amide bonds. The third-order valence-corrected chi connectivity index (χ3v) is 3.51. The van der Waals surface area contributed by atoms with E-state index in [-0.39, 0.29) is 11.7 Å². The summed E-state index contributed by atoms with van der Waals surface area (Å²) in [6.45, 7) is 4.16. The van der Waals surface area contributed by atoms with E-state index in [0.717, 1.165) is 25.9 Å². The number of amides is 1. The molecule has 2 atom stereocenters. The molecule has 6 heteroatoms. The Morgan fingerprint density at radius 2 is 2.37 bits per heavy atom. The van der Waals surface area contributed by atoms with E-state index in [0.29, 0.717) is 25.5 Å². The van der Waals surface area contributed by atoms with Gasteiger partial charge in [0.05, 0.1) is 12.5 Å². The first-order valence-corrected chi connectivity index (χ1v) is 6.90. The van der Waals surface area contributed by atoms with Crippen molar-refractivity contribution >= 4 is 11.7 Å². The fourth-order valence-electron chi connectivity index (χ4n) is 2.45. The number of hydrogen-bond acceptors (Lipinski definition) is 4. The second kappa shape index (κ2) is 7.99. The molecule has 0 aromatic heterocycles. The number of amidine groups is 1. The molecule has 0 spiro atoms. The Bertz CT molecular complexity index is 314. The van der Waals surface area contributed by atoms with Gasteiger partial charge in [0.25, 0.3) is 0 Å². The van der Waals surface area contributed by atoms with Crippen LogP contribution in [0.3, 0.4) is 0 Å². The number of rotatable bonds is 6. The molecule has 1 aliphatic rings. The lowest BCUT2D eigenvalue weighted by Gasteiger charge is -2.29. The van der Waals surface area contributed by atoms with Crippen molar-refractivity contribution in [1.29, 1.82) is 0 Å². The van der Waals surface area contributed by atoms with Crippen LogP contribution in [0.15, 0.2) is 5.16 Å². The van der Waals surface area contributed by atoms with E-state index in [2.05, 4.69) is 5.16 Å². The van der Waals surface area contributed by atoms with Crippen LogP contribution in [0, 0.1) is 11.8 Å². The molecule has 0 aromatic rings. The smallest absolute Gasteiger partial charge is 0.233 e. The third kappa shape index (κ3) is 4.70. The SMILES string of the molecule is CCCC(C(=O)N(C)CC1CCCOC1)C(N)=NO. The maximum Gasteiger partial charge on any atom is 0.233 e. The van der Waals surface area contributed by atoms with Crippen molar-refractivity contribution in [2.75, 3.05) is 26.8 Å². The van der Waals surface area contributed by atoms with Gasteiger partial charge in [-0.05, 0) is 25.2 Å².